The second-order valence-electron chi connectivity index (χ2n) is 9.40. The zero-order valence-electron chi connectivity index (χ0n) is 21.0. The molecule has 1 atom stereocenters. The molecule has 0 spiro atoms. The van der Waals surface area contributed by atoms with Crippen molar-refractivity contribution in [2.45, 2.75) is 38.9 Å². The van der Waals surface area contributed by atoms with Crippen molar-refractivity contribution in [1.29, 1.82) is 0 Å². The Balaban J connectivity index is 1.73. The molecule has 2 N–H and O–H groups in total. The summed E-state index contributed by atoms with van der Waals surface area (Å²) < 4.78 is 10.9. The second-order valence-corrected chi connectivity index (χ2v) is 9.40. The number of methoxy groups -OCH3 is 1. The van der Waals surface area contributed by atoms with E-state index in [2.05, 4.69) is 4.98 Å². The van der Waals surface area contributed by atoms with Gasteiger partial charge in [-0.05, 0) is 62.6 Å². The van der Waals surface area contributed by atoms with Crippen LogP contribution in [-0.2, 0) is 11.2 Å². The summed E-state index contributed by atoms with van der Waals surface area (Å²) in [6, 6.07) is 16.0. The minimum Gasteiger partial charge on any atom is -0.496 e. The van der Waals surface area contributed by atoms with Gasteiger partial charge in [-0.2, -0.15) is 0 Å². The van der Waals surface area contributed by atoms with E-state index in [1.54, 1.807) is 57.4 Å². The number of aromatic nitrogens is 1. The molecule has 0 aliphatic rings. The quantitative estimate of drug-likeness (QED) is 0.434. The summed E-state index contributed by atoms with van der Waals surface area (Å²) in [6.07, 6.45) is 2.37. The number of carboxylic acids is 1. The molecule has 0 bridgehead atoms. The molecule has 8 nitrogen and oxygen atoms in total. The summed E-state index contributed by atoms with van der Waals surface area (Å²) in [6.45, 7) is 5.83. The van der Waals surface area contributed by atoms with Gasteiger partial charge < -0.3 is 24.6 Å². The highest BCUT2D eigenvalue weighted by molar-refractivity contribution is 5.89. The number of carbonyl (C=O) groups excluding carboxylic acids is 1. The number of hydrogen-bond acceptors (Lipinski definition) is 6. The van der Waals surface area contributed by atoms with Crippen molar-refractivity contribution in [1.82, 2.24) is 9.88 Å². The van der Waals surface area contributed by atoms with Crippen LogP contribution >= 0.6 is 0 Å². The number of aliphatic hydroxyl groups is 1. The first-order valence-electron chi connectivity index (χ1n) is 11.6. The van der Waals surface area contributed by atoms with Crippen LogP contribution in [0.3, 0.4) is 0 Å². The number of aromatic carboxylic acids is 1. The van der Waals surface area contributed by atoms with Crippen LogP contribution in [0.4, 0.5) is 4.79 Å². The van der Waals surface area contributed by atoms with E-state index in [0.29, 0.717) is 24.3 Å². The van der Waals surface area contributed by atoms with E-state index in [4.69, 9.17) is 9.47 Å². The highest BCUT2D eigenvalue weighted by Crippen LogP contribution is 2.31. The summed E-state index contributed by atoms with van der Waals surface area (Å²) in [5.74, 6) is -0.540. The summed E-state index contributed by atoms with van der Waals surface area (Å²) in [5, 5.41) is 19.9. The van der Waals surface area contributed by atoms with Crippen LogP contribution in [0.2, 0.25) is 0 Å². The molecule has 190 valence electrons. The molecule has 0 saturated carbocycles. The fraction of sp³-hybridized carbons (Fsp3) is 0.321. The summed E-state index contributed by atoms with van der Waals surface area (Å²) >= 11 is 0. The molecule has 3 rings (SSSR count). The van der Waals surface area contributed by atoms with Gasteiger partial charge in [-0.25, -0.2) is 9.59 Å². The standard InChI is InChI=1S/C28H32N2O6/c1-28(2,3)36-27(34)30(18-24(31)22-6-5-14-29-17-22)15-13-19-7-9-20(10-8-19)23-12-11-21(26(32)33)16-25(23)35-4/h5-12,14,16-17,24,31H,13,15,18H2,1-4H3,(H,32,33)/t24-/m0/s1. The SMILES string of the molecule is COc1cc(C(=O)O)ccc1-c1ccc(CCN(C[C@H](O)c2cccnc2)C(=O)OC(C)(C)C)cc1. The van der Waals surface area contributed by atoms with Gasteiger partial charge in [-0.1, -0.05) is 30.3 Å². The van der Waals surface area contributed by atoms with Gasteiger partial charge >= 0.3 is 12.1 Å². The Labute approximate surface area is 211 Å². The third-order valence-electron chi connectivity index (χ3n) is 5.50. The molecule has 3 aromatic rings. The first kappa shape index (κ1) is 26.7. The monoisotopic (exact) mass is 492 g/mol. The predicted molar refractivity (Wildman–Crippen MR) is 136 cm³/mol. The number of aliphatic hydroxyl groups excluding tert-OH is 1. The average Bonchev–Trinajstić information content (AvgIpc) is 2.85. The molecule has 0 aliphatic carbocycles. The van der Waals surface area contributed by atoms with Crippen LogP contribution in [0.5, 0.6) is 5.75 Å². The van der Waals surface area contributed by atoms with Crippen molar-refractivity contribution in [2.24, 2.45) is 0 Å². The number of amides is 1. The molecule has 1 aromatic heterocycles. The predicted octanol–water partition coefficient (Wildman–Crippen LogP) is 4.97. The van der Waals surface area contributed by atoms with Gasteiger partial charge in [0.1, 0.15) is 11.4 Å². The third-order valence-corrected chi connectivity index (χ3v) is 5.50. The Kier molecular flexibility index (Phi) is 8.66. The zero-order chi connectivity index (χ0) is 26.3. The smallest absolute Gasteiger partial charge is 0.410 e. The normalized spacial score (nSPS) is 12.0. The zero-order valence-corrected chi connectivity index (χ0v) is 21.0. The molecule has 1 amide bonds. The van der Waals surface area contributed by atoms with Gasteiger partial charge in [-0.3, -0.25) is 4.98 Å². The lowest BCUT2D eigenvalue weighted by molar-refractivity contribution is 0.0146. The largest absolute Gasteiger partial charge is 0.496 e. The highest BCUT2D eigenvalue weighted by atomic mass is 16.6. The number of nitrogens with zero attached hydrogens (tertiary/aromatic N) is 2. The Bertz CT molecular complexity index is 1170. The van der Waals surface area contributed by atoms with Gasteiger partial charge in [0.05, 0.1) is 25.3 Å². The van der Waals surface area contributed by atoms with Crippen LogP contribution in [0.15, 0.2) is 67.0 Å². The molecule has 0 radical (unpaired) electrons. The van der Waals surface area contributed by atoms with Gasteiger partial charge in [0.25, 0.3) is 0 Å². The number of benzene rings is 2. The van der Waals surface area contributed by atoms with Gasteiger partial charge in [-0.15, -0.1) is 0 Å². The topological polar surface area (TPSA) is 109 Å². The second kappa shape index (κ2) is 11.7. The average molecular weight is 493 g/mol. The van der Waals surface area contributed by atoms with E-state index in [1.807, 2.05) is 24.3 Å². The Hall–Kier alpha value is -3.91. The molecule has 0 fully saturated rings. The van der Waals surface area contributed by atoms with E-state index in [9.17, 15) is 19.8 Å². The number of rotatable bonds is 9. The first-order chi connectivity index (χ1) is 17.1. The van der Waals surface area contributed by atoms with Crippen LogP contribution in [0, 0.1) is 0 Å². The lowest BCUT2D eigenvalue weighted by Gasteiger charge is -2.29. The fourth-order valence-electron chi connectivity index (χ4n) is 3.65. The number of hydrogen-bond donors (Lipinski definition) is 2. The van der Waals surface area contributed by atoms with Crippen molar-refractivity contribution in [3.63, 3.8) is 0 Å². The molecular formula is C28H32N2O6. The molecular weight excluding hydrogens is 460 g/mol. The molecule has 0 saturated heterocycles. The lowest BCUT2D eigenvalue weighted by atomic mass is 10.0. The third kappa shape index (κ3) is 7.29. The molecule has 36 heavy (non-hydrogen) atoms. The maximum atomic E-state index is 12.9. The van der Waals surface area contributed by atoms with Crippen molar-refractivity contribution in [3.8, 4) is 16.9 Å². The minimum absolute atomic E-state index is 0.0752. The van der Waals surface area contributed by atoms with Crippen LogP contribution in [0.1, 0.15) is 48.4 Å². The molecule has 1 heterocycles. The lowest BCUT2D eigenvalue weighted by Crippen LogP contribution is -2.40. The fourth-order valence-corrected chi connectivity index (χ4v) is 3.65. The maximum absolute atomic E-state index is 12.9. The minimum atomic E-state index is -1.02. The van der Waals surface area contributed by atoms with Crippen molar-refractivity contribution in [2.75, 3.05) is 20.2 Å². The first-order valence-corrected chi connectivity index (χ1v) is 11.6. The summed E-state index contributed by atoms with van der Waals surface area (Å²) in [4.78, 5) is 29.6. The van der Waals surface area contributed by atoms with Crippen LogP contribution < -0.4 is 4.74 Å². The van der Waals surface area contributed by atoms with E-state index < -0.39 is 23.8 Å². The molecule has 2 aromatic carbocycles. The Morgan fingerprint density at radius 2 is 1.81 bits per heavy atom. The van der Waals surface area contributed by atoms with Gasteiger partial charge in [0, 0.05) is 30.1 Å². The van der Waals surface area contributed by atoms with Crippen molar-refractivity contribution in [3.05, 3.63) is 83.7 Å². The van der Waals surface area contributed by atoms with E-state index in [-0.39, 0.29) is 12.1 Å². The van der Waals surface area contributed by atoms with Gasteiger partial charge in [0.15, 0.2) is 0 Å². The summed E-state index contributed by atoms with van der Waals surface area (Å²) in [7, 11) is 1.50. The number of ether oxygens (including phenoxy) is 2. The van der Waals surface area contributed by atoms with Gasteiger partial charge in [0.2, 0.25) is 0 Å². The number of carboxylic acid groups (broad SMARTS) is 1. The molecule has 8 heteroatoms. The molecule has 0 unspecified atom stereocenters. The number of carbonyl (C=O) groups is 2. The highest BCUT2D eigenvalue weighted by Gasteiger charge is 2.24. The number of pyridine rings is 1. The van der Waals surface area contributed by atoms with Crippen LogP contribution in [0.25, 0.3) is 11.1 Å². The Morgan fingerprint density at radius 1 is 1.08 bits per heavy atom. The van der Waals surface area contributed by atoms with Crippen molar-refractivity contribution < 1.29 is 29.3 Å². The maximum Gasteiger partial charge on any atom is 0.410 e. The van der Waals surface area contributed by atoms with Crippen molar-refractivity contribution >= 4 is 12.1 Å². The van der Waals surface area contributed by atoms with E-state index >= 15 is 0 Å². The molecule has 0 aliphatic heterocycles. The van der Waals surface area contributed by atoms with Crippen LogP contribution in [-0.4, -0.2) is 58.0 Å². The Morgan fingerprint density at radius 3 is 2.39 bits per heavy atom. The van der Waals surface area contributed by atoms with E-state index in [0.717, 1.165) is 16.7 Å². The summed E-state index contributed by atoms with van der Waals surface area (Å²) in [5.41, 5.74) is 2.77. The van der Waals surface area contributed by atoms with E-state index in [1.165, 1.54) is 18.1 Å².